The molecular weight excluding hydrogens is 654 g/mol. The molecule has 33 heavy (non-hydrogen) atoms. The first-order valence-electron chi connectivity index (χ1n) is 9.59. The Hall–Kier alpha value is 0.820. The molecule has 0 saturated carbocycles. The van der Waals surface area contributed by atoms with Crippen molar-refractivity contribution in [2.75, 3.05) is 24.6 Å². The van der Waals surface area contributed by atoms with Gasteiger partial charge in [0.05, 0.1) is 10.6 Å². The molecule has 0 aliphatic carbocycles. The van der Waals surface area contributed by atoms with E-state index in [1.54, 1.807) is 0 Å². The van der Waals surface area contributed by atoms with Gasteiger partial charge in [0.15, 0.2) is 0 Å². The van der Waals surface area contributed by atoms with Crippen LogP contribution in [0.3, 0.4) is 0 Å². The Morgan fingerprint density at radius 1 is 0.758 bits per heavy atom. The standard InChI is InChI=1S/C15H28IO12P5/c1-5-29(17,18)12-10-9-11(14(13(12)16)30(19,20)6-2)15(28-33(25,26)27,31(21,22)7-3)32(23,24)8-4/h9-10H,5-8H2,1-4H3,(H,17,18)(H,19,20)(H,21,22)(H,23,24)(H2,25,26,27). The van der Waals surface area contributed by atoms with Gasteiger partial charge in [0, 0.05) is 33.8 Å². The molecule has 0 aliphatic heterocycles. The number of rotatable bonds is 11. The maximum atomic E-state index is 13.4. The minimum Gasteiger partial charge on any atom is -0.342 e. The Morgan fingerprint density at radius 2 is 1.18 bits per heavy atom. The third-order valence-corrected chi connectivity index (χ3v) is 18.0. The van der Waals surface area contributed by atoms with Gasteiger partial charge in [-0.05, 0) is 28.7 Å². The Labute approximate surface area is 205 Å². The average molecular weight is 682 g/mol. The van der Waals surface area contributed by atoms with Crippen molar-refractivity contribution in [3.8, 4) is 0 Å². The van der Waals surface area contributed by atoms with Gasteiger partial charge in [-0.15, -0.1) is 0 Å². The van der Waals surface area contributed by atoms with Crippen molar-refractivity contribution < 1.29 is 56.7 Å². The quantitative estimate of drug-likeness (QED) is 0.147. The first-order valence-corrected chi connectivity index (χ1v) is 19.6. The molecule has 1 rings (SSSR count). The van der Waals surface area contributed by atoms with Gasteiger partial charge in [-0.1, -0.05) is 33.8 Å². The largest absolute Gasteiger partial charge is 0.471 e. The maximum absolute atomic E-state index is 13.4. The number of hydrogen-bond acceptors (Lipinski definition) is 6. The first-order chi connectivity index (χ1) is 14.7. The van der Waals surface area contributed by atoms with E-state index < -0.39 is 71.7 Å². The lowest BCUT2D eigenvalue weighted by Crippen LogP contribution is -2.38. The Morgan fingerprint density at radius 3 is 1.52 bits per heavy atom. The fourth-order valence-corrected chi connectivity index (χ4v) is 15.4. The highest BCUT2D eigenvalue weighted by Gasteiger charge is 2.65. The van der Waals surface area contributed by atoms with Crippen LogP contribution in [-0.2, 0) is 32.4 Å². The molecule has 0 radical (unpaired) electrons. The second-order valence-electron chi connectivity index (χ2n) is 7.06. The summed E-state index contributed by atoms with van der Waals surface area (Å²) >= 11 is 1.46. The first kappa shape index (κ1) is 31.8. The van der Waals surface area contributed by atoms with Gasteiger partial charge in [-0.25, -0.2) is 4.57 Å². The Bertz CT molecular complexity index is 1120. The lowest BCUT2D eigenvalue weighted by molar-refractivity contribution is 0.131. The van der Waals surface area contributed by atoms with Gasteiger partial charge in [-0.2, -0.15) is 0 Å². The molecule has 0 saturated heterocycles. The summed E-state index contributed by atoms with van der Waals surface area (Å²) in [5, 5.41) is -4.49. The van der Waals surface area contributed by atoms with Crippen molar-refractivity contribution in [3.05, 3.63) is 21.3 Å². The highest BCUT2D eigenvalue weighted by molar-refractivity contribution is 14.1. The summed E-state index contributed by atoms with van der Waals surface area (Å²) in [6.07, 6.45) is -2.35. The summed E-state index contributed by atoms with van der Waals surface area (Å²) in [6, 6.07) is 1.75. The van der Waals surface area contributed by atoms with Crippen LogP contribution in [0.15, 0.2) is 12.1 Å². The van der Waals surface area contributed by atoms with Gasteiger partial charge in [0.25, 0.3) is 5.08 Å². The Balaban J connectivity index is 4.55. The monoisotopic (exact) mass is 682 g/mol. The number of benzene rings is 1. The summed E-state index contributed by atoms with van der Waals surface area (Å²) in [5.41, 5.74) is -0.858. The van der Waals surface area contributed by atoms with Crippen LogP contribution < -0.4 is 10.6 Å². The topological polar surface area (TPSA) is 216 Å². The molecule has 0 bridgehead atoms. The molecule has 18 heteroatoms. The normalized spacial score (nSPS) is 21.8. The van der Waals surface area contributed by atoms with Crippen LogP contribution in [0.5, 0.6) is 0 Å². The van der Waals surface area contributed by atoms with Gasteiger partial charge in [0.2, 0.25) is 29.5 Å². The fourth-order valence-electron chi connectivity index (χ4n) is 3.15. The van der Waals surface area contributed by atoms with E-state index in [0.717, 1.165) is 26.0 Å². The van der Waals surface area contributed by atoms with Gasteiger partial charge in [-0.3, -0.25) is 22.8 Å². The summed E-state index contributed by atoms with van der Waals surface area (Å²) in [4.78, 5) is 61.9. The van der Waals surface area contributed by atoms with Crippen LogP contribution in [0.25, 0.3) is 0 Å². The molecule has 192 valence electrons. The molecule has 1 aromatic rings. The molecule has 6 N–H and O–H groups in total. The average Bonchev–Trinajstić information content (AvgIpc) is 2.70. The minimum atomic E-state index is -5.76. The van der Waals surface area contributed by atoms with Crippen molar-refractivity contribution in [1.82, 2.24) is 0 Å². The maximum Gasteiger partial charge on any atom is 0.471 e. The molecule has 4 atom stereocenters. The van der Waals surface area contributed by atoms with Crippen molar-refractivity contribution in [2.24, 2.45) is 0 Å². The molecule has 1 aromatic carbocycles. The molecule has 12 nitrogen and oxygen atoms in total. The summed E-state index contributed by atoms with van der Waals surface area (Å²) in [7, 11) is -24.7. The molecule has 0 aromatic heterocycles. The predicted molar refractivity (Wildman–Crippen MR) is 135 cm³/mol. The van der Waals surface area contributed by atoms with Crippen molar-refractivity contribution >= 4 is 70.5 Å². The molecule has 0 fully saturated rings. The zero-order valence-corrected chi connectivity index (χ0v) is 24.9. The van der Waals surface area contributed by atoms with Crippen LogP contribution in [0.4, 0.5) is 0 Å². The lowest BCUT2D eigenvalue weighted by atomic mass is 10.2. The van der Waals surface area contributed by atoms with Crippen molar-refractivity contribution in [3.63, 3.8) is 0 Å². The highest BCUT2D eigenvalue weighted by atomic mass is 127. The number of phosphoric ester groups is 1. The number of hydrogen-bond donors (Lipinski definition) is 6. The lowest BCUT2D eigenvalue weighted by Gasteiger charge is -2.41. The fraction of sp³-hybridized carbons (Fsp3) is 0.600. The zero-order chi connectivity index (χ0) is 26.3. The van der Waals surface area contributed by atoms with E-state index in [2.05, 4.69) is 4.52 Å². The van der Waals surface area contributed by atoms with Crippen molar-refractivity contribution in [1.29, 1.82) is 0 Å². The predicted octanol–water partition coefficient (Wildman–Crippen LogP) is 2.92. The number of phosphoric acid groups is 1. The summed E-state index contributed by atoms with van der Waals surface area (Å²) in [6.45, 7) is 4.89. The van der Waals surface area contributed by atoms with E-state index in [1.165, 1.54) is 36.4 Å². The molecular formula is C15H28IO12P5. The van der Waals surface area contributed by atoms with E-state index in [1.807, 2.05) is 0 Å². The number of halogens is 1. The zero-order valence-electron chi connectivity index (χ0n) is 18.2. The van der Waals surface area contributed by atoms with E-state index >= 15 is 0 Å². The molecule has 0 heterocycles. The van der Waals surface area contributed by atoms with Crippen LogP contribution in [0.1, 0.15) is 33.3 Å². The van der Waals surface area contributed by atoms with Crippen LogP contribution in [-0.4, -0.2) is 54.0 Å². The SMILES string of the molecule is CCP(=O)(O)c1ccc(C(OP(=O)(O)O)(P(=O)(O)CC)P(=O)(O)CC)c(P(=O)(O)CC)c1I. The summed E-state index contributed by atoms with van der Waals surface area (Å²) in [5.74, 6) is 0. The van der Waals surface area contributed by atoms with E-state index in [9.17, 15) is 52.2 Å². The molecule has 0 amide bonds. The molecule has 0 spiro atoms. The second-order valence-corrected chi connectivity index (χ2v) is 20.0. The van der Waals surface area contributed by atoms with E-state index in [-0.39, 0.29) is 15.0 Å². The van der Waals surface area contributed by atoms with Crippen LogP contribution in [0.2, 0.25) is 0 Å². The summed E-state index contributed by atoms with van der Waals surface area (Å²) < 4.78 is 69.0. The van der Waals surface area contributed by atoms with Gasteiger partial charge >= 0.3 is 7.82 Å². The van der Waals surface area contributed by atoms with Crippen molar-refractivity contribution in [2.45, 2.75) is 32.8 Å². The van der Waals surface area contributed by atoms with Crippen LogP contribution in [0, 0.1) is 3.57 Å². The third kappa shape index (κ3) is 6.04. The van der Waals surface area contributed by atoms with E-state index in [4.69, 9.17) is 0 Å². The van der Waals surface area contributed by atoms with Crippen LogP contribution >= 0.6 is 59.9 Å². The molecule has 0 aliphatic rings. The Kier molecular flexibility index (Phi) is 10.3. The minimum absolute atomic E-state index is 0.269. The molecule has 4 unspecified atom stereocenters. The van der Waals surface area contributed by atoms with E-state index in [0.29, 0.717) is 0 Å². The van der Waals surface area contributed by atoms with Gasteiger partial charge < -0.3 is 29.4 Å². The highest BCUT2D eigenvalue weighted by Crippen LogP contribution is 2.81. The smallest absolute Gasteiger partial charge is 0.342 e. The third-order valence-electron chi connectivity index (χ3n) is 5.08. The second kappa shape index (κ2) is 10.7. The van der Waals surface area contributed by atoms with Gasteiger partial charge in [0.1, 0.15) is 0 Å².